The molecule has 0 fully saturated rings. The van der Waals surface area contributed by atoms with Crippen LogP contribution in [0.3, 0.4) is 0 Å². The Morgan fingerprint density at radius 2 is 1.81 bits per heavy atom. The predicted octanol–water partition coefficient (Wildman–Crippen LogP) is 3.87. The zero-order chi connectivity index (χ0) is 14.8. The molecule has 0 bridgehead atoms. The molecule has 3 rings (SSSR count). The van der Waals surface area contributed by atoms with Crippen molar-refractivity contribution in [2.45, 2.75) is 6.42 Å². The van der Waals surface area contributed by atoms with E-state index in [1.807, 2.05) is 0 Å². The summed E-state index contributed by atoms with van der Waals surface area (Å²) in [6.07, 6.45) is 0.793. The van der Waals surface area contributed by atoms with Gasteiger partial charge in [-0.05, 0) is 36.4 Å². The Hall–Kier alpha value is -2.07. The molecule has 0 amide bonds. The average molecular weight is 307 g/mol. The topological polar surface area (TPSA) is 35.5 Å². The third kappa shape index (κ3) is 2.85. The number of carbonyl (C=O) groups excluding carboxylic acids is 1. The van der Waals surface area contributed by atoms with Crippen molar-refractivity contribution in [1.29, 1.82) is 0 Å². The minimum absolute atomic E-state index is 0.0899. The Morgan fingerprint density at radius 3 is 2.57 bits per heavy atom. The van der Waals surface area contributed by atoms with Gasteiger partial charge in [0.1, 0.15) is 5.82 Å². The van der Waals surface area contributed by atoms with E-state index in [1.165, 1.54) is 12.1 Å². The van der Waals surface area contributed by atoms with Crippen LogP contribution in [0.1, 0.15) is 22.3 Å². The van der Waals surface area contributed by atoms with Crippen LogP contribution in [0.15, 0.2) is 36.4 Å². The van der Waals surface area contributed by atoms with Crippen molar-refractivity contribution in [3.05, 3.63) is 58.4 Å². The van der Waals surface area contributed by atoms with E-state index in [0.29, 0.717) is 30.3 Å². The van der Waals surface area contributed by atoms with Gasteiger partial charge < -0.3 is 9.47 Å². The molecule has 0 saturated heterocycles. The van der Waals surface area contributed by atoms with Gasteiger partial charge in [-0.2, -0.15) is 0 Å². The zero-order valence-electron chi connectivity index (χ0n) is 11.1. The van der Waals surface area contributed by atoms with Crippen molar-refractivity contribution >= 4 is 17.4 Å². The second kappa shape index (κ2) is 5.74. The fourth-order valence-electron chi connectivity index (χ4n) is 2.13. The van der Waals surface area contributed by atoms with Crippen molar-refractivity contribution in [2.75, 3.05) is 13.2 Å². The number of carbonyl (C=O) groups is 1. The summed E-state index contributed by atoms with van der Waals surface area (Å²) in [7, 11) is 0. The molecule has 2 aromatic carbocycles. The molecule has 0 spiro atoms. The molecular formula is C16H12ClFO3. The van der Waals surface area contributed by atoms with Crippen LogP contribution >= 0.6 is 11.6 Å². The van der Waals surface area contributed by atoms with E-state index in [1.54, 1.807) is 18.2 Å². The van der Waals surface area contributed by atoms with E-state index in [-0.39, 0.29) is 16.4 Å². The van der Waals surface area contributed by atoms with Gasteiger partial charge in [0.15, 0.2) is 17.3 Å². The molecule has 1 aliphatic heterocycles. The smallest absolute Gasteiger partial charge is 0.194 e. The minimum atomic E-state index is -0.477. The quantitative estimate of drug-likeness (QED) is 0.790. The first-order valence-corrected chi connectivity index (χ1v) is 6.92. The maximum Gasteiger partial charge on any atom is 0.194 e. The van der Waals surface area contributed by atoms with Crippen molar-refractivity contribution in [2.24, 2.45) is 0 Å². The largest absolute Gasteiger partial charge is 0.490 e. The number of ether oxygens (including phenoxy) is 2. The van der Waals surface area contributed by atoms with E-state index in [4.69, 9.17) is 21.1 Å². The monoisotopic (exact) mass is 306 g/mol. The lowest BCUT2D eigenvalue weighted by Crippen LogP contribution is -2.03. The summed E-state index contributed by atoms with van der Waals surface area (Å²) in [6.45, 7) is 1.13. The minimum Gasteiger partial charge on any atom is -0.490 e. The summed E-state index contributed by atoms with van der Waals surface area (Å²) in [5.74, 6) is 0.400. The van der Waals surface area contributed by atoms with E-state index in [0.717, 1.165) is 12.5 Å². The standard InChI is InChI=1S/C16H12ClFO3/c17-13-9-11(18)3-4-12(13)16(19)10-2-5-14-15(8-10)21-7-1-6-20-14/h2-5,8-9H,1,6-7H2. The summed E-state index contributed by atoms with van der Waals surface area (Å²) >= 11 is 5.93. The third-order valence-corrected chi connectivity index (χ3v) is 3.50. The second-order valence-electron chi connectivity index (χ2n) is 4.67. The number of fused-ring (bicyclic) bond motifs is 1. The van der Waals surface area contributed by atoms with Crippen LogP contribution in [0.2, 0.25) is 5.02 Å². The molecular weight excluding hydrogens is 295 g/mol. The Morgan fingerprint density at radius 1 is 1.05 bits per heavy atom. The molecule has 3 nitrogen and oxygen atoms in total. The second-order valence-corrected chi connectivity index (χ2v) is 5.07. The molecule has 5 heteroatoms. The summed E-state index contributed by atoms with van der Waals surface area (Å²) in [6, 6.07) is 8.69. The lowest BCUT2D eigenvalue weighted by molar-refractivity contribution is 0.103. The van der Waals surface area contributed by atoms with Crippen molar-refractivity contribution in [3.63, 3.8) is 0 Å². The number of ketones is 1. The number of benzene rings is 2. The Balaban J connectivity index is 1.96. The highest BCUT2D eigenvalue weighted by Crippen LogP contribution is 2.31. The molecule has 108 valence electrons. The summed E-state index contributed by atoms with van der Waals surface area (Å²) in [4.78, 5) is 12.4. The molecule has 0 aliphatic carbocycles. The molecule has 0 N–H and O–H groups in total. The van der Waals surface area contributed by atoms with E-state index in [9.17, 15) is 9.18 Å². The molecule has 21 heavy (non-hydrogen) atoms. The highest BCUT2D eigenvalue weighted by Gasteiger charge is 2.17. The lowest BCUT2D eigenvalue weighted by Gasteiger charge is -2.09. The maximum atomic E-state index is 13.1. The molecule has 2 aromatic rings. The number of halogens is 2. The van der Waals surface area contributed by atoms with Gasteiger partial charge in [0.05, 0.1) is 18.2 Å². The highest BCUT2D eigenvalue weighted by molar-refractivity contribution is 6.35. The molecule has 0 atom stereocenters. The van der Waals surface area contributed by atoms with Crippen LogP contribution in [-0.4, -0.2) is 19.0 Å². The SMILES string of the molecule is O=C(c1ccc2c(c1)OCCCO2)c1ccc(F)cc1Cl. The molecule has 0 saturated carbocycles. The first-order valence-electron chi connectivity index (χ1n) is 6.54. The molecule has 1 aliphatic rings. The van der Waals surface area contributed by atoms with Gasteiger partial charge in [0.2, 0.25) is 0 Å². The maximum absolute atomic E-state index is 13.1. The van der Waals surface area contributed by atoms with Crippen molar-refractivity contribution in [1.82, 2.24) is 0 Å². The average Bonchev–Trinajstić information content (AvgIpc) is 2.71. The van der Waals surface area contributed by atoms with E-state index in [2.05, 4.69) is 0 Å². The van der Waals surface area contributed by atoms with Crippen LogP contribution in [-0.2, 0) is 0 Å². The van der Waals surface area contributed by atoms with E-state index < -0.39 is 5.82 Å². The Bertz CT molecular complexity index is 700. The summed E-state index contributed by atoms with van der Waals surface area (Å²) in [5, 5.41) is 0.0899. The van der Waals surface area contributed by atoms with Gasteiger partial charge in [0.25, 0.3) is 0 Å². The van der Waals surface area contributed by atoms with Gasteiger partial charge >= 0.3 is 0 Å². The first-order chi connectivity index (χ1) is 10.1. The molecule has 0 radical (unpaired) electrons. The van der Waals surface area contributed by atoms with E-state index >= 15 is 0 Å². The van der Waals surface area contributed by atoms with Gasteiger partial charge in [-0.25, -0.2) is 4.39 Å². The first kappa shape index (κ1) is 13.9. The number of hydrogen-bond acceptors (Lipinski definition) is 3. The fourth-order valence-corrected chi connectivity index (χ4v) is 2.39. The number of rotatable bonds is 2. The molecule has 0 aromatic heterocycles. The number of hydrogen-bond donors (Lipinski definition) is 0. The van der Waals surface area contributed by atoms with Crippen LogP contribution < -0.4 is 9.47 Å². The normalized spacial score (nSPS) is 13.6. The lowest BCUT2D eigenvalue weighted by atomic mass is 10.0. The Kier molecular flexibility index (Phi) is 3.80. The molecule has 0 unspecified atom stereocenters. The summed E-state index contributed by atoms with van der Waals surface area (Å²) < 4.78 is 24.1. The van der Waals surface area contributed by atoms with Crippen LogP contribution in [0.5, 0.6) is 11.5 Å². The predicted molar refractivity (Wildman–Crippen MR) is 76.9 cm³/mol. The Labute approximate surface area is 126 Å². The zero-order valence-corrected chi connectivity index (χ0v) is 11.8. The highest BCUT2D eigenvalue weighted by atomic mass is 35.5. The summed E-state index contributed by atoms with van der Waals surface area (Å²) in [5.41, 5.74) is 0.681. The van der Waals surface area contributed by atoms with Crippen LogP contribution in [0.4, 0.5) is 4.39 Å². The van der Waals surface area contributed by atoms with Crippen LogP contribution in [0, 0.1) is 5.82 Å². The van der Waals surface area contributed by atoms with Crippen molar-refractivity contribution < 1.29 is 18.7 Å². The fraction of sp³-hybridized carbons (Fsp3) is 0.188. The van der Waals surface area contributed by atoms with Crippen LogP contribution in [0.25, 0.3) is 0 Å². The molecule has 1 heterocycles. The van der Waals surface area contributed by atoms with Gasteiger partial charge in [-0.1, -0.05) is 11.6 Å². The van der Waals surface area contributed by atoms with Gasteiger partial charge in [-0.15, -0.1) is 0 Å². The van der Waals surface area contributed by atoms with Gasteiger partial charge in [0, 0.05) is 17.5 Å². The van der Waals surface area contributed by atoms with Crippen molar-refractivity contribution in [3.8, 4) is 11.5 Å². The third-order valence-electron chi connectivity index (χ3n) is 3.19. The van der Waals surface area contributed by atoms with Gasteiger partial charge in [-0.3, -0.25) is 4.79 Å².